The minimum absolute atomic E-state index is 0.0303. The van der Waals surface area contributed by atoms with Gasteiger partial charge in [0.1, 0.15) is 11.4 Å². The molecule has 0 bridgehead atoms. The molecule has 1 unspecified atom stereocenters. The third kappa shape index (κ3) is 3.17. The lowest BCUT2D eigenvalue weighted by molar-refractivity contribution is -0.226. The highest BCUT2D eigenvalue weighted by Crippen LogP contribution is 2.25. The van der Waals surface area contributed by atoms with Crippen molar-refractivity contribution in [2.75, 3.05) is 20.8 Å². The molecule has 0 amide bonds. The Bertz CT molecular complexity index is 351. The number of phenolic OH excluding ortho intramolecular Hbond substituents is 1. The molecule has 0 saturated heterocycles. The second kappa shape index (κ2) is 5.97. The van der Waals surface area contributed by atoms with Gasteiger partial charge in [-0.25, -0.2) is 0 Å². The van der Waals surface area contributed by atoms with E-state index in [0.29, 0.717) is 5.56 Å². The topological polar surface area (TPSA) is 79.2 Å². The Morgan fingerprint density at radius 2 is 1.82 bits per heavy atom. The van der Waals surface area contributed by atoms with Gasteiger partial charge in [0.05, 0.1) is 6.61 Å². The molecule has 5 nitrogen and oxygen atoms in total. The molecule has 0 spiro atoms. The molecule has 0 aliphatic rings. The summed E-state index contributed by atoms with van der Waals surface area (Å²) in [6.45, 7) is -0.534. The van der Waals surface area contributed by atoms with Crippen LogP contribution in [-0.4, -0.2) is 48.0 Å². The van der Waals surface area contributed by atoms with E-state index in [4.69, 9.17) is 9.47 Å². The van der Waals surface area contributed by atoms with Gasteiger partial charge in [-0.05, 0) is 11.6 Å². The standard InChI is InChI=1S/C12H18O5/c1-16-11(17-2)12(15,8-13)7-9-5-3-4-6-10(9)14/h3-6,11,13-15H,7-8H2,1-2H3. The van der Waals surface area contributed by atoms with E-state index in [1.165, 1.54) is 20.3 Å². The van der Waals surface area contributed by atoms with E-state index in [9.17, 15) is 15.3 Å². The largest absolute Gasteiger partial charge is 0.508 e. The average Bonchev–Trinajstić information content (AvgIpc) is 2.33. The monoisotopic (exact) mass is 242 g/mol. The van der Waals surface area contributed by atoms with Gasteiger partial charge in [0, 0.05) is 20.6 Å². The van der Waals surface area contributed by atoms with E-state index in [2.05, 4.69) is 0 Å². The number of ether oxygens (including phenoxy) is 2. The Balaban J connectivity index is 2.92. The Kier molecular flexibility index (Phi) is 4.89. The smallest absolute Gasteiger partial charge is 0.188 e. The molecule has 1 atom stereocenters. The number of para-hydroxylation sites is 1. The molecule has 0 heterocycles. The van der Waals surface area contributed by atoms with Crippen LogP contribution in [0, 0.1) is 0 Å². The number of benzene rings is 1. The summed E-state index contributed by atoms with van der Waals surface area (Å²) in [6, 6.07) is 6.60. The highest BCUT2D eigenvalue weighted by Gasteiger charge is 2.37. The number of hydrogen-bond donors (Lipinski definition) is 3. The fourth-order valence-electron chi connectivity index (χ4n) is 1.74. The lowest BCUT2D eigenvalue weighted by Crippen LogP contribution is -2.49. The molecular formula is C12H18O5. The second-order valence-corrected chi connectivity index (χ2v) is 3.87. The fourth-order valence-corrected chi connectivity index (χ4v) is 1.74. The van der Waals surface area contributed by atoms with Crippen molar-refractivity contribution in [3.63, 3.8) is 0 Å². The third-order valence-electron chi connectivity index (χ3n) is 2.63. The van der Waals surface area contributed by atoms with Crippen molar-refractivity contribution in [3.05, 3.63) is 29.8 Å². The molecular weight excluding hydrogens is 224 g/mol. The highest BCUT2D eigenvalue weighted by atomic mass is 16.7. The first-order valence-corrected chi connectivity index (χ1v) is 5.23. The fraction of sp³-hybridized carbons (Fsp3) is 0.500. The summed E-state index contributed by atoms with van der Waals surface area (Å²) >= 11 is 0. The van der Waals surface area contributed by atoms with E-state index >= 15 is 0 Å². The molecule has 0 saturated carbocycles. The highest BCUT2D eigenvalue weighted by molar-refractivity contribution is 5.33. The zero-order valence-electron chi connectivity index (χ0n) is 9.96. The number of hydrogen-bond acceptors (Lipinski definition) is 5. The summed E-state index contributed by atoms with van der Waals surface area (Å²) in [6.07, 6.45) is -0.935. The maximum absolute atomic E-state index is 10.2. The SMILES string of the molecule is COC(OC)C(O)(CO)Cc1ccccc1O. The first-order chi connectivity index (χ1) is 8.07. The van der Waals surface area contributed by atoms with Crippen molar-refractivity contribution in [3.8, 4) is 5.75 Å². The Labute approximate surface area is 100 Å². The molecule has 96 valence electrons. The van der Waals surface area contributed by atoms with Crippen LogP contribution in [0.3, 0.4) is 0 Å². The summed E-state index contributed by atoms with van der Waals surface area (Å²) in [5.41, 5.74) is -1.08. The van der Waals surface area contributed by atoms with Crippen LogP contribution in [0.15, 0.2) is 24.3 Å². The number of aliphatic hydroxyl groups is 2. The van der Waals surface area contributed by atoms with Crippen LogP contribution in [0.5, 0.6) is 5.75 Å². The first-order valence-electron chi connectivity index (χ1n) is 5.23. The molecule has 3 N–H and O–H groups in total. The predicted molar refractivity (Wildman–Crippen MR) is 61.7 cm³/mol. The Morgan fingerprint density at radius 3 is 2.29 bits per heavy atom. The lowest BCUT2D eigenvalue weighted by Gasteiger charge is -2.32. The first kappa shape index (κ1) is 13.9. The average molecular weight is 242 g/mol. The van der Waals surface area contributed by atoms with Gasteiger partial charge in [0.25, 0.3) is 0 Å². The van der Waals surface area contributed by atoms with Crippen molar-refractivity contribution < 1.29 is 24.8 Å². The maximum Gasteiger partial charge on any atom is 0.188 e. The summed E-state index contributed by atoms with van der Waals surface area (Å²) in [7, 11) is 2.75. The van der Waals surface area contributed by atoms with Gasteiger partial charge in [0.2, 0.25) is 0 Å². The van der Waals surface area contributed by atoms with Gasteiger partial charge in [-0.3, -0.25) is 0 Å². The summed E-state index contributed by atoms with van der Waals surface area (Å²) in [5, 5.41) is 29.1. The summed E-state index contributed by atoms with van der Waals surface area (Å²) < 4.78 is 9.91. The van der Waals surface area contributed by atoms with E-state index in [1.54, 1.807) is 18.2 Å². The van der Waals surface area contributed by atoms with E-state index in [-0.39, 0.29) is 12.2 Å². The van der Waals surface area contributed by atoms with Gasteiger partial charge in [-0.2, -0.15) is 0 Å². The van der Waals surface area contributed by atoms with Crippen LogP contribution >= 0.6 is 0 Å². The molecule has 0 aliphatic heterocycles. The molecule has 0 radical (unpaired) electrons. The molecule has 17 heavy (non-hydrogen) atoms. The number of phenols is 1. The van der Waals surface area contributed by atoms with Crippen LogP contribution in [0.1, 0.15) is 5.56 Å². The summed E-state index contributed by atoms with van der Waals surface area (Å²) in [5.74, 6) is 0.0605. The number of aliphatic hydroxyl groups excluding tert-OH is 1. The van der Waals surface area contributed by atoms with Gasteiger partial charge >= 0.3 is 0 Å². The van der Waals surface area contributed by atoms with E-state index in [1.807, 2.05) is 0 Å². The lowest BCUT2D eigenvalue weighted by atomic mass is 9.94. The quantitative estimate of drug-likeness (QED) is 0.624. The number of rotatable bonds is 6. The minimum atomic E-state index is -1.59. The molecule has 0 aromatic heterocycles. The van der Waals surface area contributed by atoms with Gasteiger partial charge in [0.15, 0.2) is 6.29 Å². The van der Waals surface area contributed by atoms with Crippen molar-refractivity contribution in [2.45, 2.75) is 18.3 Å². The van der Waals surface area contributed by atoms with Crippen molar-refractivity contribution in [1.29, 1.82) is 0 Å². The van der Waals surface area contributed by atoms with Crippen LogP contribution in [0.25, 0.3) is 0 Å². The van der Waals surface area contributed by atoms with Gasteiger partial charge < -0.3 is 24.8 Å². The van der Waals surface area contributed by atoms with Crippen molar-refractivity contribution in [2.24, 2.45) is 0 Å². The Hall–Kier alpha value is -1.14. The summed E-state index contributed by atoms with van der Waals surface area (Å²) in [4.78, 5) is 0. The molecule has 1 rings (SSSR count). The van der Waals surface area contributed by atoms with Crippen molar-refractivity contribution in [1.82, 2.24) is 0 Å². The zero-order valence-corrected chi connectivity index (χ0v) is 9.96. The van der Waals surface area contributed by atoms with Gasteiger partial charge in [-0.15, -0.1) is 0 Å². The van der Waals surface area contributed by atoms with Crippen LogP contribution in [0.2, 0.25) is 0 Å². The van der Waals surface area contributed by atoms with Crippen LogP contribution < -0.4 is 0 Å². The maximum atomic E-state index is 10.2. The van der Waals surface area contributed by atoms with Crippen molar-refractivity contribution >= 4 is 0 Å². The molecule has 1 aromatic carbocycles. The molecule has 0 aliphatic carbocycles. The third-order valence-corrected chi connectivity index (χ3v) is 2.63. The van der Waals surface area contributed by atoms with E-state index in [0.717, 1.165) is 0 Å². The molecule has 0 fully saturated rings. The normalized spacial score (nSPS) is 14.9. The second-order valence-electron chi connectivity index (χ2n) is 3.87. The van der Waals surface area contributed by atoms with Crippen LogP contribution in [-0.2, 0) is 15.9 Å². The number of methoxy groups -OCH3 is 2. The molecule has 5 heteroatoms. The zero-order chi connectivity index (χ0) is 12.9. The molecule has 1 aromatic rings. The minimum Gasteiger partial charge on any atom is -0.508 e. The Morgan fingerprint density at radius 1 is 1.24 bits per heavy atom. The van der Waals surface area contributed by atoms with Crippen LogP contribution in [0.4, 0.5) is 0 Å². The predicted octanol–water partition coefficient (Wildman–Crippen LogP) is 0.277. The van der Waals surface area contributed by atoms with Gasteiger partial charge in [-0.1, -0.05) is 18.2 Å². The number of aromatic hydroxyl groups is 1. The van der Waals surface area contributed by atoms with E-state index < -0.39 is 18.5 Å².